The molecule has 4 rings (SSSR count). The van der Waals surface area contributed by atoms with Crippen molar-refractivity contribution >= 4 is 5.91 Å². The molecule has 7 nitrogen and oxygen atoms in total. The third-order valence-corrected chi connectivity index (χ3v) is 5.48. The van der Waals surface area contributed by atoms with Crippen molar-refractivity contribution in [3.8, 4) is 22.8 Å². The molecule has 0 spiro atoms. The minimum atomic E-state index is -0.341. The summed E-state index contributed by atoms with van der Waals surface area (Å²) in [5, 5.41) is 17.8. The van der Waals surface area contributed by atoms with Gasteiger partial charge >= 0.3 is 0 Å². The number of ether oxygens (including phenoxy) is 2. The first-order valence-corrected chi connectivity index (χ1v) is 10.5. The van der Waals surface area contributed by atoms with Crippen molar-refractivity contribution in [1.82, 2.24) is 15.1 Å². The van der Waals surface area contributed by atoms with Crippen LogP contribution in [0.25, 0.3) is 11.3 Å². The molecule has 1 atom stereocenters. The molecule has 1 aliphatic rings. The van der Waals surface area contributed by atoms with Crippen LogP contribution in [0.1, 0.15) is 46.6 Å². The molecule has 0 radical (unpaired) electrons. The van der Waals surface area contributed by atoms with Gasteiger partial charge in [0, 0.05) is 24.8 Å². The molecule has 0 saturated heterocycles. The van der Waals surface area contributed by atoms with Gasteiger partial charge in [-0.2, -0.15) is 5.10 Å². The fourth-order valence-electron chi connectivity index (χ4n) is 3.97. The third kappa shape index (κ3) is 3.88. The Bertz CT molecular complexity index is 1070. The van der Waals surface area contributed by atoms with Crippen LogP contribution in [0.15, 0.2) is 42.5 Å². The maximum absolute atomic E-state index is 13.2. The molecule has 2 aromatic carbocycles. The second-order valence-electron chi connectivity index (χ2n) is 7.69. The topological polar surface area (TPSA) is 87.7 Å². The summed E-state index contributed by atoms with van der Waals surface area (Å²) in [5.41, 5.74) is 4.35. The Balaban J connectivity index is 1.80. The molecule has 1 amide bonds. The fraction of sp³-hybridized carbons (Fsp3) is 0.333. The highest BCUT2D eigenvalue weighted by Crippen LogP contribution is 2.44. The quantitative estimate of drug-likeness (QED) is 0.572. The van der Waals surface area contributed by atoms with Gasteiger partial charge in [0.1, 0.15) is 22.9 Å². The number of carbonyl (C=O) groups is 1. The summed E-state index contributed by atoms with van der Waals surface area (Å²) in [6.07, 6.45) is 0.936. The van der Waals surface area contributed by atoms with Gasteiger partial charge in [0.05, 0.1) is 19.3 Å². The number of rotatable bonds is 8. The van der Waals surface area contributed by atoms with Gasteiger partial charge in [0.2, 0.25) is 0 Å². The number of hydrogen-bond donors (Lipinski definition) is 2. The standard InChI is InChI=1S/C24H27N3O4/c1-4-12-31-17-8-6-16(7-9-17)23-20-21(18-14-15(2)5-10-19(18)28)25-26-22(20)24(29)27(23)11-13-30-3/h5-10,14,23,28H,4,11-13H2,1-3H3,(H,25,26)/t23-/m1/s1. The van der Waals surface area contributed by atoms with E-state index >= 15 is 0 Å². The van der Waals surface area contributed by atoms with E-state index in [9.17, 15) is 9.90 Å². The molecule has 0 fully saturated rings. The van der Waals surface area contributed by atoms with E-state index in [1.165, 1.54) is 0 Å². The molecule has 162 valence electrons. The number of aromatic amines is 1. The van der Waals surface area contributed by atoms with Crippen molar-refractivity contribution in [2.24, 2.45) is 0 Å². The Kier molecular flexibility index (Phi) is 5.95. The summed E-state index contributed by atoms with van der Waals surface area (Å²) in [5.74, 6) is 0.793. The summed E-state index contributed by atoms with van der Waals surface area (Å²) in [6, 6.07) is 12.8. The summed E-state index contributed by atoms with van der Waals surface area (Å²) in [6.45, 7) is 5.54. The molecule has 2 N–H and O–H groups in total. The molecule has 1 aliphatic heterocycles. The Morgan fingerprint density at radius 3 is 2.65 bits per heavy atom. The lowest BCUT2D eigenvalue weighted by Gasteiger charge is -2.26. The molecule has 31 heavy (non-hydrogen) atoms. The van der Waals surface area contributed by atoms with E-state index in [0.29, 0.717) is 36.7 Å². The molecule has 1 aromatic heterocycles. The van der Waals surface area contributed by atoms with Crippen molar-refractivity contribution in [2.45, 2.75) is 26.3 Å². The lowest BCUT2D eigenvalue weighted by molar-refractivity contribution is 0.0677. The van der Waals surface area contributed by atoms with Gasteiger partial charge in [0.15, 0.2) is 0 Å². The maximum Gasteiger partial charge on any atom is 0.273 e. The molecular formula is C24H27N3O4. The molecule has 2 heterocycles. The highest BCUT2D eigenvalue weighted by atomic mass is 16.5. The third-order valence-electron chi connectivity index (χ3n) is 5.48. The number of hydrogen-bond acceptors (Lipinski definition) is 5. The van der Waals surface area contributed by atoms with E-state index in [1.807, 2.05) is 43.3 Å². The number of methoxy groups -OCH3 is 1. The number of H-pyrrole nitrogens is 1. The van der Waals surface area contributed by atoms with Crippen LogP contribution in [0.4, 0.5) is 0 Å². The number of aromatic hydroxyl groups is 1. The SMILES string of the molecule is CCCOc1ccc([C@@H]2c3c(-c4cc(C)ccc4O)n[nH]c3C(=O)N2CCOC)cc1. The highest BCUT2D eigenvalue weighted by Gasteiger charge is 2.42. The van der Waals surface area contributed by atoms with Crippen LogP contribution in [-0.4, -0.2) is 53.0 Å². The molecule has 0 saturated carbocycles. The van der Waals surface area contributed by atoms with Crippen LogP contribution >= 0.6 is 0 Å². The zero-order valence-corrected chi connectivity index (χ0v) is 18.0. The minimum absolute atomic E-state index is 0.129. The monoisotopic (exact) mass is 421 g/mol. The first-order chi connectivity index (χ1) is 15.0. The first-order valence-electron chi connectivity index (χ1n) is 10.5. The van der Waals surface area contributed by atoms with Gasteiger partial charge in [-0.3, -0.25) is 9.89 Å². The molecule has 0 unspecified atom stereocenters. The Morgan fingerprint density at radius 1 is 1.16 bits per heavy atom. The fourth-order valence-corrected chi connectivity index (χ4v) is 3.97. The van der Waals surface area contributed by atoms with Gasteiger partial charge < -0.3 is 19.5 Å². The Hall–Kier alpha value is -3.32. The molecular weight excluding hydrogens is 394 g/mol. The van der Waals surface area contributed by atoms with Gasteiger partial charge in [-0.1, -0.05) is 30.7 Å². The number of aryl methyl sites for hydroxylation is 1. The number of fused-ring (bicyclic) bond motifs is 1. The summed E-state index contributed by atoms with van der Waals surface area (Å²) in [4.78, 5) is 15.0. The predicted octanol–water partition coefficient (Wildman–Crippen LogP) is 4.07. The van der Waals surface area contributed by atoms with E-state index in [1.54, 1.807) is 18.1 Å². The van der Waals surface area contributed by atoms with Crippen LogP contribution in [0, 0.1) is 6.92 Å². The molecule has 0 aliphatic carbocycles. The normalized spacial score (nSPS) is 15.4. The van der Waals surface area contributed by atoms with Crippen LogP contribution in [0.3, 0.4) is 0 Å². The first kappa shape index (κ1) is 20.9. The van der Waals surface area contributed by atoms with Crippen LogP contribution in [0.2, 0.25) is 0 Å². The lowest BCUT2D eigenvalue weighted by Crippen LogP contribution is -2.32. The number of phenols is 1. The van der Waals surface area contributed by atoms with E-state index in [0.717, 1.165) is 28.9 Å². The van der Waals surface area contributed by atoms with E-state index in [2.05, 4.69) is 17.1 Å². The van der Waals surface area contributed by atoms with Crippen molar-refractivity contribution in [3.63, 3.8) is 0 Å². The molecule has 3 aromatic rings. The predicted molar refractivity (Wildman–Crippen MR) is 117 cm³/mol. The number of carbonyl (C=O) groups excluding carboxylic acids is 1. The smallest absolute Gasteiger partial charge is 0.273 e. The zero-order valence-electron chi connectivity index (χ0n) is 18.0. The molecule has 7 heteroatoms. The second-order valence-corrected chi connectivity index (χ2v) is 7.69. The number of amides is 1. The van der Waals surface area contributed by atoms with Crippen molar-refractivity contribution in [1.29, 1.82) is 0 Å². The lowest BCUT2D eigenvalue weighted by atomic mass is 9.95. The molecule has 0 bridgehead atoms. The van der Waals surface area contributed by atoms with Crippen LogP contribution in [-0.2, 0) is 4.74 Å². The number of nitrogens with one attached hydrogen (secondary N) is 1. The van der Waals surface area contributed by atoms with Gasteiger partial charge in [-0.25, -0.2) is 0 Å². The number of aromatic nitrogens is 2. The van der Waals surface area contributed by atoms with Gasteiger partial charge in [0.25, 0.3) is 5.91 Å². The largest absolute Gasteiger partial charge is 0.507 e. The highest BCUT2D eigenvalue weighted by molar-refractivity contribution is 6.00. The number of nitrogens with zero attached hydrogens (tertiary/aromatic N) is 2. The van der Waals surface area contributed by atoms with E-state index in [4.69, 9.17) is 9.47 Å². The Morgan fingerprint density at radius 2 is 1.94 bits per heavy atom. The second kappa shape index (κ2) is 8.81. The van der Waals surface area contributed by atoms with Gasteiger partial charge in [-0.15, -0.1) is 0 Å². The van der Waals surface area contributed by atoms with Crippen molar-refractivity contribution in [2.75, 3.05) is 26.9 Å². The van der Waals surface area contributed by atoms with Crippen molar-refractivity contribution < 1.29 is 19.4 Å². The average molecular weight is 421 g/mol. The summed E-state index contributed by atoms with van der Waals surface area (Å²) >= 11 is 0. The Labute approximate surface area is 181 Å². The maximum atomic E-state index is 13.2. The van der Waals surface area contributed by atoms with E-state index in [-0.39, 0.29) is 17.7 Å². The summed E-state index contributed by atoms with van der Waals surface area (Å²) < 4.78 is 11.0. The minimum Gasteiger partial charge on any atom is -0.507 e. The number of benzene rings is 2. The van der Waals surface area contributed by atoms with Crippen LogP contribution < -0.4 is 4.74 Å². The number of phenolic OH excluding ortho intramolecular Hbond substituents is 1. The van der Waals surface area contributed by atoms with E-state index < -0.39 is 0 Å². The average Bonchev–Trinajstić information content (AvgIpc) is 3.32. The summed E-state index contributed by atoms with van der Waals surface area (Å²) in [7, 11) is 1.62. The zero-order chi connectivity index (χ0) is 22.0. The van der Waals surface area contributed by atoms with Gasteiger partial charge in [-0.05, 0) is 43.2 Å². The van der Waals surface area contributed by atoms with Crippen molar-refractivity contribution in [3.05, 3.63) is 64.8 Å². The van der Waals surface area contributed by atoms with Crippen LogP contribution in [0.5, 0.6) is 11.5 Å².